The van der Waals surface area contributed by atoms with E-state index in [1.54, 1.807) is 6.07 Å². The molecule has 4 aromatic rings. The number of carbonyl (C=O) groups is 1. The Morgan fingerprint density at radius 1 is 1.17 bits per heavy atom. The highest BCUT2D eigenvalue weighted by molar-refractivity contribution is 6.33. The van der Waals surface area contributed by atoms with Gasteiger partial charge in [-0.15, -0.1) is 5.10 Å². The second kappa shape index (κ2) is 8.69. The minimum atomic E-state index is -0.532. The molecule has 2 aromatic carbocycles. The number of halogens is 1. The van der Waals surface area contributed by atoms with Gasteiger partial charge in [-0.2, -0.15) is 9.50 Å². The molecule has 0 bridgehead atoms. The van der Waals surface area contributed by atoms with E-state index in [2.05, 4.69) is 27.1 Å². The summed E-state index contributed by atoms with van der Waals surface area (Å²) >= 11 is 6.25. The molecule has 4 rings (SSSR count). The highest BCUT2D eigenvalue weighted by Crippen LogP contribution is 2.27. The smallest absolute Gasteiger partial charge is 0.360 e. The summed E-state index contributed by atoms with van der Waals surface area (Å²) in [6.45, 7) is 1.22. The van der Waals surface area contributed by atoms with Crippen molar-refractivity contribution in [2.24, 2.45) is 0 Å². The van der Waals surface area contributed by atoms with Crippen molar-refractivity contribution in [2.45, 2.75) is 13.0 Å². The van der Waals surface area contributed by atoms with E-state index < -0.39 is 5.97 Å². The van der Waals surface area contributed by atoms with E-state index in [-0.39, 0.29) is 11.5 Å². The lowest BCUT2D eigenvalue weighted by atomic mass is 10.1. The predicted octanol–water partition coefficient (Wildman–Crippen LogP) is 4.10. The van der Waals surface area contributed by atoms with Gasteiger partial charge in [-0.1, -0.05) is 54.1 Å². The first-order valence-electron chi connectivity index (χ1n) is 9.51. The van der Waals surface area contributed by atoms with Crippen LogP contribution < -0.4 is 0 Å². The minimum absolute atomic E-state index is 0.219. The van der Waals surface area contributed by atoms with Crippen molar-refractivity contribution < 1.29 is 13.9 Å². The molecule has 2 heterocycles. The molecule has 0 N–H and O–H groups in total. The molecule has 2 aromatic heterocycles. The number of ether oxygens (including phenoxy) is 1. The standard InChI is InChI=1S/C22H21ClN4O3/c1-26(13-12-15-8-4-3-5-9-15)14-18-19(21(28)29-2)27-22(30-18)24-20(25-27)16-10-6-7-11-17(16)23/h3-11H,12-14H2,1-2H3. The van der Waals surface area contributed by atoms with Crippen molar-refractivity contribution in [1.82, 2.24) is 19.5 Å². The third-order valence-corrected chi connectivity index (χ3v) is 5.13. The molecule has 0 aliphatic heterocycles. The number of rotatable bonds is 7. The molecular weight excluding hydrogens is 404 g/mol. The second-order valence-corrected chi connectivity index (χ2v) is 7.36. The van der Waals surface area contributed by atoms with Crippen LogP contribution in [0.2, 0.25) is 5.02 Å². The molecule has 0 saturated heterocycles. The highest BCUT2D eigenvalue weighted by atomic mass is 35.5. The van der Waals surface area contributed by atoms with E-state index in [1.807, 2.05) is 43.4 Å². The molecule has 30 heavy (non-hydrogen) atoms. The third kappa shape index (κ3) is 4.08. The van der Waals surface area contributed by atoms with E-state index >= 15 is 0 Å². The Morgan fingerprint density at radius 3 is 2.63 bits per heavy atom. The summed E-state index contributed by atoms with van der Waals surface area (Å²) in [5.41, 5.74) is 2.14. The number of hydrogen-bond acceptors (Lipinski definition) is 6. The van der Waals surface area contributed by atoms with Crippen molar-refractivity contribution in [1.29, 1.82) is 0 Å². The largest absolute Gasteiger partial charge is 0.464 e. The van der Waals surface area contributed by atoms with Crippen LogP contribution >= 0.6 is 11.6 Å². The second-order valence-electron chi connectivity index (χ2n) is 6.95. The lowest BCUT2D eigenvalue weighted by molar-refractivity contribution is 0.0587. The first kappa shape index (κ1) is 20.1. The van der Waals surface area contributed by atoms with E-state index in [0.29, 0.717) is 28.7 Å². The van der Waals surface area contributed by atoms with Gasteiger partial charge in [-0.25, -0.2) is 4.79 Å². The van der Waals surface area contributed by atoms with Crippen molar-refractivity contribution in [3.8, 4) is 11.4 Å². The van der Waals surface area contributed by atoms with Crippen LogP contribution in [0.4, 0.5) is 0 Å². The first-order valence-corrected chi connectivity index (χ1v) is 9.88. The normalized spacial score (nSPS) is 11.3. The zero-order valence-corrected chi connectivity index (χ0v) is 17.5. The maximum atomic E-state index is 12.5. The van der Waals surface area contributed by atoms with Gasteiger partial charge in [0.05, 0.1) is 18.7 Å². The Morgan fingerprint density at radius 2 is 1.90 bits per heavy atom. The number of methoxy groups -OCH3 is 1. The van der Waals surface area contributed by atoms with E-state index in [4.69, 9.17) is 20.8 Å². The molecule has 8 heteroatoms. The maximum Gasteiger partial charge on any atom is 0.360 e. The van der Waals surface area contributed by atoms with Gasteiger partial charge in [-0.3, -0.25) is 4.90 Å². The Kier molecular flexibility index (Phi) is 5.83. The minimum Gasteiger partial charge on any atom is -0.464 e. The molecule has 7 nitrogen and oxygen atoms in total. The molecule has 0 unspecified atom stereocenters. The number of esters is 1. The summed E-state index contributed by atoms with van der Waals surface area (Å²) in [5, 5.41) is 4.96. The Labute approximate surface area is 178 Å². The van der Waals surface area contributed by atoms with Gasteiger partial charge in [0.15, 0.2) is 17.3 Å². The average molecular weight is 425 g/mol. The fraction of sp³-hybridized carbons (Fsp3) is 0.227. The van der Waals surface area contributed by atoms with Crippen LogP contribution in [0.5, 0.6) is 0 Å². The van der Waals surface area contributed by atoms with Crippen molar-refractivity contribution in [3.63, 3.8) is 0 Å². The number of fused-ring (bicyclic) bond motifs is 1. The predicted molar refractivity (Wildman–Crippen MR) is 114 cm³/mol. The first-order chi connectivity index (χ1) is 14.6. The Hall–Kier alpha value is -3.16. The lowest BCUT2D eigenvalue weighted by Gasteiger charge is -2.15. The van der Waals surface area contributed by atoms with Gasteiger partial charge < -0.3 is 9.15 Å². The fourth-order valence-electron chi connectivity index (χ4n) is 3.24. The van der Waals surface area contributed by atoms with Crippen LogP contribution in [0.1, 0.15) is 21.8 Å². The average Bonchev–Trinajstić information content (AvgIpc) is 3.30. The lowest BCUT2D eigenvalue weighted by Crippen LogP contribution is -2.22. The molecule has 0 saturated carbocycles. The van der Waals surface area contributed by atoms with E-state index in [9.17, 15) is 4.79 Å². The summed E-state index contributed by atoms with van der Waals surface area (Å²) in [5.74, 6) is 0.527. The van der Waals surface area contributed by atoms with Crippen LogP contribution in [0.3, 0.4) is 0 Å². The fourth-order valence-corrected chi connectivity index (χ4v) is 3.46. The quantitative estimate of drug-likeness (QED) is 0.416. The van der Waals surface area contributed by atoms with Crippen LogP contribution in [-0.4, -0.2) is 46.2 Å². The number of benzene rings is 2. The van der Waals surface area contributed by atoms with Gasteiger partial charge >= 0.3 is 11.8 Å². The molecule has 0 aliphatic rings. The summed E-state index contributed by atoms with van der Waals surface area (Å²) in [6, 6.07) is 17.5. The van der Waals surface area contributed by atoms with Crippen LogP contribution in [0.25, 0.3) is 17.2 Å². The van der Waals surface area contributed by atoms with Gasteiger partial charge in [0, 0.05) is 12.1 Å². The maximum absolute atomic E-state index is 12.5. The molecule has 0 aliphatic carbocycles. The zero-order chi connectivity index (χ0) is 21.1. The monoisotopic (exact) mass is 424 g/mol. The number of carbonyl (C=O) groups excluding carboxylic acids is 1. The third-order valence-electron chi connectivity index (χ3n) is 4.80. The molecule has 0 fully saturated rings. The summed E-state index contributed by atoms with van der Waals surface area (Å²) in [6.07, 6.45) is 0.887. The molecule has 0 amide bonds. The summed E-state index contributed by atoms with van der Waals surface area (Å²) in [7, 11) is 3.30. The number of oxazole rings is 1. The Balaban J connectivity index is 1.60. The molecule has 154 valence electrons. The number of nitrogens with zero attached hydrogens (tertiary/aromatic N) is 4. The number of likely N-dealkylation sites (N-methyl/N-ethyl adjacent to an activating group) is 1. The van der Waals surface area contributed by atoms with Gasteiger partial charge in [-0.05, 0) is 31.2 Å². The van der Waals surface area contributed by atoms with Crippen molar-refractivity contribution in [2.75, 3.05) is 20.7 Å². The van der Waals surface area contributed by atoms with Crippen LogP contribution in [0, 0.1) is 0 Å². The molecular formula is C22H21ClN4O3. The van der Waals surface area contributed by atoms with Crippen molar-refractivity contribution >= 4 is 23.4 Å². The van der Waals surface area contributed by atoms with Gasteiger partial charge in [0.2, 0.25) is 0 Å². The summed E-state index contributed by atoms with van der Waals surface area (Å²) in [4.78, 5) is 19.0. The van der Waals surface area contributed by atoms with Crippen LogP contribution in [-0.2, 0) is 17.7 Å². The number of hydrogen-bond donors (Lipinski definition) is 0. The topological polar surface area (TPSA) is 72.9 Å². The molecule has 0 spiro atoms. The highest BCUT2D eigenvalue weighted by Gasteiger charge is 2.26. The zero-order valence-electron chi connectivity index (χ0n) is 16.7. The summed E-state index contributed by atoms with van der Waals surface area (Å²) < 4.78 is 12.2. The molecule has 0 radical (unpaired) electrons. The van der Waals surface area contributed by atoms with E-state index in [0.717, 1.165) is 13.0 Å². The Bertz CT molecular complexity index is 1170. The van der Waals surface area contributed by atoms with Crippen LogP contribution in [0.15, 0.2) is 59.0 Å². The molecule has 0 atom stereocenters. The van der Waals surface area contributed by atoms with Gasteiger partial charge in [0.1, 0.15) is 0 Å². The number of aromatic nitrogens is 3. The van der Waals surface area contributed by atoms with Crippen molar-refractivity contribution in [3.05, 3.63) is 76.6 Å². The van der Waals surface area contributed by atoms with Gasteiger partial charge in [0.25, 0.3) is 0 Å². The SMILES string of the molecule is COC(=O)c1c(CN(C)CCc2ccccc2)oc2nc(-c3ccccc3Cl)nn12. The van der Waals surface area contributed by atoms with E-state index in [1.165, 1.54) is 17.2 Å².